The van der Waals surface area contributed by atoms with E-state index in [-0.39, 0.29) is 18.0 Å². The van der Waals surface area contributed by atoms with Gasteiger partial charge >= 0.3 is 0 Å². The highest BCUT2D eigenvalue weighted by molar-refractivity contribution is 6.00. The Hall–Kier alpha value is -4.51. The van der Waals surface area contributed by atoms with Gasteiger partial charge in [-0.05, 0) is 92.7 Å². The van der Waals surface area contributed by atoms with Gasteiger partial charge in [-0.3, -0.25) is 4.79 Å². The molecular weight excluding hydrogens is 590 g/mol. The van der Waals surface area contributed by atoms with Crippen LogP contribution in [-0.4, -0.2) is 78.7 Å². The lowest BCUT2D eigenvalue weighted by molar-refractivity contribution is 0.0700. The van der Waals surface area contributed by atoms with Crippen molar-refractivity contribution in [2.24, 2.45) is 23.5 Å². The number of ether oxygens (including phenoxy) is 1. The van der Waals surface area contributed by atoms with E-state index in [1.807, 2.05) is 41.6 Å². The lowest BCUT2D eigenvalue weighted by atomic mass is 9.96. The van der Waals surface area contributed by atoms with Gasteiger partial charge in [-0.25, -0.2) is 19.9 Å². The molecule has 2 aliphatic carbocycles. The van der Waals surface area contributed by atoms with E-state index in [4.69, 9.17) is 20.4 Å². The number of aromatic nitrogens is 6. The quantitative estimate of drug-likeness (QED) is 0.261. The van der Waals surface area contributed by atoms with Crippen LogP contribution in [0.4, 0.5) is 5.82 Å². The molecule has 6 heterocycles. The Labute approximate surface area is 273 Å². The highest BCUT2D eigenvalue weighted by atomic mass is 16.5. The Kier molecular flexibility index (Phi) is 6.92. The fourth-order valence-corrected chi connectivity index (χ4v) is 8.42. The van der Waals surface area contributed by atoms with Gasteiger partial charge in [-0.1, -0.05) is 0 Å². The predicted octanol–water partition coefficient (Wildman–Crippen LogP) is 4.74. The average Bonchev–Trinajstić information content (AvgIpc) is 3.48. The molecule has 47 heavy (non-hydrogen) atoms. The fraction of sp³-hybridized carbons (Fsp3) is 0.472. The minimum atomic E-state index is 0.0214. The van der Waals surface area contributed by atoms with Crippen molar-refractivity contribution < 1.29 is 9.53 Å². The van der Waals surface area contributed by atoms with Crippen LogP contribution in [-0.2, 0) is 13.1 Å². The molecule has 2 bridgehead atoms. The topological polar surface area (TPSA) is 120 Å². The summed E-state index contributed by atoms with van der Waals surface area (Å²) in [6, 6.07) is 12.4. The van der Waals surface area contributed by atoms with Crippen molar-refractivity contribution in [1.29, 1.82) is 0 Å². The molecule has 5 aromatic rings. The number of carbonyl (C=O) groups is 1. The number of pyridine rings is 1. The molecule has 11 nitrogen and oxygen atoms in total. The number of anilines is 1. The van der Waals surface area contributed by atoms with E-state index in [0.717, 1.165) is 97.8 Å². The van der Waals surface area contributed by atoms with Crippen LogP contribution in [0.1, 0.15) is 48.9 Å². The number of nitrogens with zero attached hydrogens (tertiary/aromatic N) is 8. The maximum Gasteiger partial charge on any atom is 0.254 e. The van der Waals surface area contributed by atoms with Crippen LogP contribution in [0.25, 0.3) is 33.6 Å². The van der Waals surface area contributed by atoms with Crippen LogP contribution in [0, 0.1) is 17.8 Å². The minimum absolute atomic E-state index is 0.0214. The van der Waals surface area contributed by atoms with Crippen molar-refractivity contribution in [2.75, 3.05) is 31.6 Å². The van der Waals surface area contributed by atoms with Gasteiger partial charge < -0.3 is 29.4 Å². The standard InChI is InChI=1S/C36H41N9O2/c1-47-30-17-26(36(46)44-20-25-6-7-28(44)32(25)37)15-27-33(30)45(19-23-9-13-42(14-10-23)31-8-12-38-21-40-31)35(41-27)29-16-24-3-2-11-39-34(24)43(29)18-22-4-5-22/h2-3,8,11-12,15-17,21-23,25,28,32H,4-7,9-10,13-14,18-20,37H2,1H3/t25?,28?,32-/m1/s1. The molecule has 4 fully saturated rings. The number of nitrogens with two attached hydrogens (primary N) is 1. The highest BCUT2D eigenvalue weighted by Gasteiger charge is 2.47. The molecule has 11 heteroatoms. The van der Waals surface area contributed by atoms with Crippen molar-refractivity contribution in [3.63, 3.8) is 0 Å². The number of imidazole rings is 1. The number of amides is 1. The van der Waals surface area contributed by atoms with Crippen molar-refractivity contribution in [3.8, 4) is 17.3 Å². The number of piperidine rings is 2. The van der Waals surface area contributed by atoms with E-state index in [0.29, 0.717) is 29.1 Å². The third-order valence-corrected chi connectivity index (χ3v) is 11.2. The summed E-state index contributed by atoms with van der Waals surface area (Å²) in [5, 5.41) is 1.11. The molecule has 3 atom stereocenters. The number of hydrogen-bond acceptors (Lipinski definition) is 8. The first-order chi connectivity index (χ1) is 23.1. The number of hydrogen-bond donors (Lipinski definition) is 1. The molecule has 2 saturated carbocycles. The molecule has 2 unspecified atom stereocenters. The first kappa shape index (κ1) is 28.7. The summed E-state index contributed by atoms with van der Waals surface area (Å²) in [4.78, 5) is 37.0. The molecule has 9 rings (SSSR count). The number of methoxy groups -OCH3 is 1. The molecule has 2 aliphatic heterocycles. The number of rotatable bonds is 8. The second-order valence-corrected chi connectivity index (χ2v) is 14.0. The number of carbonyl (C=O) groups excluding carboxylic acids is 1. The first-order valence-corrected chi connectivity index (χ1v) is 17.2. The Morgan fingerprint density at radius 1 is 0.957 bits per heavy atom. The second kappa shape index (κ2) is 11.3. The van der Waals surface area contributed by atoms with Gasteiger partial charge in [-0.15, -0.1) is 0 Å². The normalized spacial score (nSPS) is 23.0. The van der Waals surface area contributed by atoms with Crippen molar-refractivity contribution in [2.45, 2.75) is 63.7 Å². The van der Waals surface area contributed by atoms with Crippen LogP contribution in [0.15, 0.2) is 55.1 Å². The number of likely N-dealkylation sites (tertiary alicyclic amines) is 1. The molecule has 0 radical (unpaired) electrons. The molecular formula is C36H41N9O2. The molecule has 2 saturated heterocycles. The van der Waals surface area contributed by atoms with Crippen LogP contribution in [0.3, 0.4) is 0 Å². The van der Waals surface area contributed by atoms with Gasteiger partial charge in [0, 0.05) is 68.2 Å². The smallest absolute Gasteiger partial charge is 0.254 e. The summed E-state index contributed by atoms with van der Waals surface area (Å²) < 4.78 is 10.8. The molecule has 0 spiro atoms. The van der Waals surface area contributed by atoms with E-state index >= 15 is 0 Å². The Morgan fingerprint density at radius 3 is 2.51 bits per heavy atom. The van der Waals surface area contributed by atoms with Crippen molar-refractivity contribution in [1.82, 2.24) is 34.0 Å². The Bertz CT molecular complexity index is 1960. The molecule has 1 amide bonds. The maximum atomic E-state index is 14.0. The van der Waals surface area contributed by atoms with Gasteiger partial charge in [0.2, 0.25) is 0 Å². The van der Waals surface area contributed by atoms with Gasteiger partial charge in [0.25, 0.3) is 5.91 Å². The van der Waals surface area contributed by atoms with Crippen LogP contribution >= 0.6 is 0 Å². The lowest BCUT2D eigenvalue weighted by Crippen LogP contribution is -2.41. The van der Waals surface area contributed by atoms with E-state index in [9.17, 15) is 4.79 Å². The molecule has 242 valence electrons. The van der Waals surface area contributed by atoms with Gasteiger partial charge in [-0.2, -0.15) is 0 Å². The summed E-state index contributed by atoms with van der Waals surface area (Å²) in [5.41, 5.74) is 10.9. The SMILES string of the molecule is COc1cc(C(=O)N2CC3CCC2[C@@H]3N)cc2nc(-c3cc4cccnc4n3CC3CC3)n(CC3CCN(c4ccncn4)CC3)c12. The molecule has 4 aromatic heterocycles. The monoisotopic (exact) mass is 631 g/mol. The summed E-state index contributed by atoms with van der Waals surface area (Å²) in [5.74, 6) is 4.08. The Morgan fingerprint density at radius 2 is 1.79 bits per heavy atom. The third kappa shape index (κ3) is 4.94. The maximum absolute atomic E-state index is 14.0. The molecule has 2 N–H and O–H groups in total. The van der Waals surface area contributed by atoms with Crippen LogP contribution in [0.2, 0.25) is 0 Å². The van der Waals surface area contributed by atoms with Gasteiger partial charge in [0.1, 0.15) is 29.1 Å². The zero-order valence-corrected chi connectivity index (χ0v) is 26.8. The fourth-order valence-electron chi connectivity index (χ4n) is 8.42. The Balaban J connectivity index is 1.13. The van der Waals surface area contributed by atoms with E-state index in [1.54, 1.807) is 13.4 Å². The van der Waals surface area contributed by atoms with Crippen LogP contribution < -0.4 is 15.4 Å². The van der Waals surface area contributed by atoms with E-state index < -0.39 is 0 Å². The van der Waals surface area contributed by atoms with Crippen molar-refractivity contribution in [3.05, 3.63) is 60.7 Å². The summed E-state index contributed by atoms with van der Waals surface area (Å²) in [6.45, 7) is 4.33. The van der Waals surface area contributed by atoms with Gasteiger partial charge in [0.15, 0.2) is 5.82 Å². The minimum Gasteiger partial charge on any atom is -0.494 e. The van der Waals surface area contributed by atoms with E-state index in [2.05, 4.69) is 36.1 Å². The van der Waals surface area contributed by atoms with Crippen molar-refractivity contribution >= 4 is 33.8 Å². The van der Waals surface area contributed by atoms with Gasteiger partial charge in [0.05, 0.1) is 18.3 Å². The first-order valence-electron chi connectivity index (χ1n) is 17.2. The summed E-state index contributed by atoms with van der Waals surface area (Å²) >= 11 is 0. The average molecular weight is 632 g/mol. The summed E-state index contributed by atoms with van der Waals surface area (Å²) in [6.07, 6.45) is 11.9. The number of fused-ring (bicyclic) bond motifs is 4. The third-order valence-electron chi connectivity index (χ3n) is 11.2. The van der Waals surface area contributed by atoms with Crippen LogP contribution in [0.5, 0.6) is 5.75 Å². The second-order valence-electron chi connectivity index (χ2n) is 14.0. The lowest BCUT2D eigenvalue weighted by Gasteiger charge is -2.33. The largest absolute Gasteiger partial charge is 0.494 e. The summed E-state index contributed by atoms with van der Waals surface area (Å²) in [7, 11) is 1.70. The zero-order valence-electron chi connectivity index (χ0n) is 26.8. The van der Waals surface area contributed by atoms with E-state index in [1.165, 1.54) is 12.8 Å². The zero-order chi connectivity index (χ0) is 31.6. The highest BCUT2D eigenvalue weighted by Crippen LogP contribution is 2.41. The molecule has 1 aromatic carbocycles. The predicted molar refractivity (Wildman–Crippen MR) is 180 cm³/mol. The molecule has 4 aliphatic rings. The number of benzene rings is 1.